The summed E-state index contributed by atoms with van der Waals surface area (Å²) in [5.41, 5.74) is 8.06. The Kier molecular flexibility index (Phi) is 4.01. The Morgan fingerprint density at radius 1 is 1.43 bits per heavy atom. The van der Waals surface area contributed by atoms with Crippen LogP contribution in [0.3, 0.4) is 0 Å². The van der Waals surface area contributed by atoms with Crippen molar-refractivity contribution in [2.24, 2.45) is 11.7 Å². The minimum absolute atomic E-state index is 0.0554. The Labute approximate surface area is 124 Å². The fourth-order valence-electron chi connectivity index (χ4n) is 2.63. The Morgan fingerprint density at radius 3 is 2.90 bits per heavy atom. The molecule has 1 atom stereocenters. The Bertz CT molecular complexity index is 604. The van der Waals surface area contributed by atoms with Crippen molar-refractivity contribution >= 4 is 5.91 Å². The van der Waals surface area contributed by atoms with Gasteiger partial charge in [0.25, 0.3) is 0 Å². The van der Waals surface area contributed by atoms with Crippen LogP contribution in [0.1, 0.15) is 24.8 Å². The highest BCUT2D eigenvalue weighted by atomic mass is 16.2. The van der Waals surface area contributed by atoms with E-state index in [4.69, 9.17) is 5.73 Å². The van der Waals surface area contributed by atoms with Gasteiger partial charge in [0.15, 0.2) is 0 Å². The summed E-state index contributed by atoms with van der Waals surface area (Å²) in [5.74, 6) is 0.300. The van der Waals surface area contributed by atoms with Gasteiger partial charge in [-0.25, -0.2) is 4.98 Å². The normalized spacial score (nSPS) is 16.2. The van der Waals surface area contributed by atoms with E-state index in [1.54, 1.807) is 12.5 Å². The van der Waals surface area contributed by atoms with E-state index in [1.165, 1.54) is 6.42 Å². The van der Waals surface area contributed by atoms with Gasteiger partial charge in [-0.15, -0.1) is 0 Å². The molecule has 21 heavy (non-hydrogen) atoms. The Hall–Kier alpha value is -2.14. The minimum Gasteiger partial charge on any atom is -0.351 e. The number of nitrogens with zero attached hydrogens (tertiary/aromatic N) is 2. The zero-order valence-corrected chi connectivity index (χ0v) is 11.9. The third kappa shape index (κ3) is 2.97. The predicted octanol–water partition coefficient (Wildman–Crippen LogP) is 1.62. The van der Waals surface area contributed by atoms with Gasteiger partial charge in [0.05, 0.1) is 18.1 Å². The summed E-state index contributed by atoms with van der Waals surface area (Å²) in [4.78, 5) is 16.2. The molecule has 1 saturated carbocycles. The topological polar surface area (TPSA) is 72.9 Å². The summed E-state index contributed by atoms with van der Waals surface area (Å²) in [5, 5.41) is 2.95. The van der Waals surface area contributed by atoms with E-state index in [0.29, 0.717) is 12.5 Å². The second-order valence-corrected chi connectivity index (χ2v) is 5.53. The molecule has 3 rings (SSSR count). The maximum absolute atomic E-state index is 12.1. The lowest BCUT2D eigenvalue weighted by molar-refractivity contribution is -0.124. The lowest BCUT2D eigenvalue weighted by Crippen LogP contribution is -2.47. The number of carbonyl (C=O) groups is 1. The lowest BCUT2D eigenvalue weighted by Gasteiger charge is -2.30. The van der Waals surface area contributed by atoms with E-state index in [1.807, 2.05) is 35.0 Å². The quantitative estimate of drug-likeness (QED) is 0.876. The standard InChI is InChI=1S/C16H20N4O/c17-15(12-5-3-6-12)16(21)19-10-13-4-1-2-7-14(13)20-9-8-18-11-20/h1-2,4,7-9,11-12,15H,3,5-6,10,17H2,(H,19,21). The molecule has 1 aliphatic carbocycles. The van der Waals surface area contributed by atoms with Crippen molar-refractivity contribution in [3.63, 3.8) is 0 Å². The number of amides is 1. The van der Waals surface area contributed by atoms with Gasteiger partial charge in [-0.3, -0.25) is 4.79 Å². The fourth-order valence-corrected chi connectivity index (χ4v) is 2.63. The number of hydrogen-bond acceptors (Lipinski definition) is 3. The van der Waals surface area contributed by atoms with E-state index < -0.39 is 0 Å². The van der Waals surface area contributed by atoms with Crippen LogP contribution >= 0.6 is 0 Å². The molecular formula is C16H20N4O. The predicted molar refractivity (Wildman–Crippen MR) is 80.7 cm³/mol. The maximum atomic E-state index is 12.1. The van der Waals surface area contributed by atoms with Gasteiger partial charge in [0.2, 0.25) is 5.91 Å². The number of aromatic nitrogens is 2. The molecule has 0 radical (unpaired) electrons. The van der Waals surface area contributed by atoms with Crippen LogP contribution in [0.4, 0.5) is 0 Å². The first-order valence-electron chi connectivity index (χ1n) is 7.35. The van der Waals surface area contributed by atoms with E-state index >= 15 is 0 Å². The molecular weight excluding hydrogens is 264 g/mol. The molecule has 0 saturated heterocycles. The van der Waals surface area contributed by atoms with Crippen LogP contribution < -0.4 is 11.1 Å². The van der Waals surface area contributed by atoms with Crippen LogP contribution in [0.15, 0.2) is 43.0 Å². The number of carbonyl (C=O) groups excluding carboxylic acids is 1. The van der Waals surface area contributed by atoms with Gasteiger partial charge in [-0.2, -0.15) is 0 Å². The minimum atomic E-state index is -0.376. The molecule has 0 bridgehead atoms. The van der Waals surface area contributed by atoms with Crippen molar-refractivity contribution in [1.29, 1.82) is 0 Å². The van der Waals surface area contributed by atoms with Gasteiger partial charge in [0, 0.05) is 18.9 Å². The highest BCUT2D eigenvalue weighted by molar-refractivity contribution is 5.82. The highest BCUT2D eigenvalue weighted by Crippen LogP contribution is 2.28. The van der Waals surface area contributed by atoms with E-state index in [0.717, 1.165) is 24.1 Å². The number of rotatable bonds is 5. The summed E-state index contributed by atoms with van der Waals surface area (Å²) in [6, 6.07) is 7.58. The van der Waals surface area contributed by atoms with Crippen molar-refractivity contribution in [1.82, 2.24) is 14.9 Å². The summed E-state index contributed by atoms with van der Waals surface area (Å²) in [6.07, 6.45) is 8.71. The molecule has 1 unspecified atom stereocenters. The molecule has 1 aliphatic rings. The van der Waals surface area contributed by atoms with E-state index in [-0.39, 0.29) is 11.9 Å². The summed E-state index contributed by atoms with van der Waals surface area (Å²) >= 11 is 0. The molecule has 2 aromatic rings. The second kappa shape index (κ2) is 6.10. The molecule has 3 N–H and O–H groups in total. The molecule has 0 spiro atoms. The van der Waals surface area contributed by atoms with Crippen LogP contribution in [0.2, 0.25) is 0 Å². The summed E-state index contributed by atoms with van der Waals surface area (Å²) in [6.45, 7) is 0.480. The molecule has 5 nitrogen and oxygen atoms in total. The lowest BCUT2D eigenvalue weighted by atomic mass is 9.80. The Balaban J connectivity index is 1.66. The van der Waals surface area contributed by atoms with Crippen molar-refractivity contribution < 1.29 is 4.79 Å². The van der Waals surface area contributed by atoms with E-state index in [9.17, 15) is 4.79 Å². The third-order valence-corrected chi connectivity index (χ3v) is 4.19. The van der Waals surface area contributed by atoms with Gasteiger partial charge in [0.1, 0.15) is 0 Å². The number of hydrogen-bond donors (Lipinski definition) is 2. The molecule has 5 heteroatoms. The maximum Gasteiger partial charge on any atom is 0.237 e. The highest BCUT2D eigenvalue weighted by Gasteiger charge is 2.29. The first-order valence-corrected chi connectivity index (χ1v) is 7.35. The molecule has 1 fully saturated rings. The van der Waals surface area contributed by atoms with Crippen LogP contribution in [0.5, 0.6) is 0 Å². The van der Waals surface area contributed by atoms with Gasteiger partial charge in [-0.1, -0.05) is 24.6 Å². The third-order valence-electron chi connectivity index (χ3n) is 4.19. The SMILES string of the molecule is NC(C(=O)NCc1ccccc1-n1ccnc1)C1CCC1. The molecule has 110 valence electrons. The van der Waals surface area contributed by atoms with Crippen LogP contribution in [-0.4, -0.2) is 21.5 Å². The fraction of sp³-hybridized carbons (Fsp3) is 0.375. The molecule has 1 amide bonds. The Morgan fingerprint density at radius 2 is 2.24 bits per heavy atom. The number of nitrogens with one attached hydrogen (secondary N) is 1. The molecule has 1 heterocycles. The monoisotopic (exact) mass is 284 g/mol. The molecule has 1 aromatic carbocycles. The molecule has 1 aromatic heterocycles. The molecule has 0 aliphatic heterocycles. The van der Waals surface area contributed by atoms with Crippen LogP contribution in [0, 0.1) is 5.92 Å². The second-order valence-electron chi connectivity index (χ2n) is 5.53. The zero-order valence-electron chi connectivity index (χ0n) is 11.9. The number of nitrogens with two attached hydrogens (primary N) is 1. The van der Waals surface area contributed by atoms with Crippen LogP contribution in [0.25, 0.3) is 5.69 Å². The van der Waals surface area contributed by atoms with Crippen molar-refractivity contribution in [3.05, 3.63) is 48.5 Å². The van der Waals surface area contributed by atoms with E-state index in [2.05, 4.69) is 10.3 Å². The zero-order chi connectivity index (χ0) is 14.7. The van der Waals surface area contributed by atoms with Crippen molar-refractivity contribution in [2.75, 3.05) is 0 Å². The summed E-state index contributed by atoms with van der Waals surface area (Å²) < 4.78 is 1.94. The average molecular weight is 284 g/mol. The van der Waals surface area contributed by atoms with Crippen molar-refractivity contribution in [2.45, 2.75) is 31.8 Å². The smallest absolute Gasteiger partial charge is 0.237 e. The van der Waals surface area contributed by atoms with Gasteiger partial charge >= 0.3 is 0 Å². The van der Waals surface area contributed by atoms with Gasteiger partial charge in [-0.05, 0) is 30.4 Å². The average Bonchev–Trinajstić information content (AvgIpc) is 2.97. The van der Waals surface area contributed by atoms with Gasteiger partial charge < -0.3 is 15.6 Å². The largest absolute Gasteiger partial charge is 0.351 e. The van der Waals surface area contributed by atoms with Crippen LogP contribution in [-0.2, 0) is 11.3 Å². The van der Waals surface area contributed by atoms with Crippen molar-refractivity contribution in [3.8, 4) is 5.69 Å². The number of para-hydroxylation sites is 1. The summed E-state index contributed by atoms with van der Waals surface area (Å²) in [7, 11) is 0. The number of benzene rings is 1. The number of imidazole rings is 1. The first kappa shape index (κ1) is 13.8. The first-order chi connectivity index (χ1) is 10.3.